The summed E-state index contributed by atoms with van der Waals surface area (Å²) in [7, 11) is 0. The molecule has 30 heavy (non-hydrogen) atoms. The van der Waals surface area contributed by atoms with E-state index in [4.69, 9.17) is 9.26 Å². The Morgan fingerprint density at radius 1 is 1.27 bits per heavy atom. The van der Waals surface area contributed by atoms with E-state index in [-0.39, 0.29) is 12.0 Å². The highest BCUT2D eigenvalue weighted by Crippen LogP contribution is 2.30. The van der Waals surface area contributed by atoms with E-state index >= 15 is 0 Å². The molecular weight excluding hydrogens is 398 g/mol. The van der Waals surface area contributed by atoms with Gasteiger partial charge in [0, 0.05) is 41.7 Å². The van der Waals surface area contributed by atoms with Gasteiger partial charge in [0.1, 0.15) is 5.76 Å². The Kier molecular flexibility index (Phi) is 6.50. The Bertz CT molecular complexity index is 986. The van der Waals surface area contributed by atoms with Gasteiger partial charge in [0.05, 0.1) is 24.0 Å². The number of thioether (sulfide) groups is 1. The lowest BCUT2D eigenvalue weighted by Gasteiger charge is -2.18. The lowest BCUT2D eigenvalue weighted by atomic mass is 10.2. The summed E-state index contributed by atoms with van der Waals surface area (Å²) in [5.41, 5.74) is 3.77. The first-order valence-electron chi connectivity index (χ1n) is 10.0. The molecule has 4 rings (SSSR count). The molecule has 0 N–H and O–H groups in total. The molecule has 1 aliphatic heterocycles. The van der Waals surface area contributed by atoms with E-state index in [0.717, 1.165) is 45.2 Å². The lowest BCUT2D eigenvalue weighted by Crippen LogP contribution is -2.30. The van der Waals surface area contributed by atoms with Gasteiger partial charge in [0.15, 0.2) is 0 Å². The van der Waals surface area contributed by atoms with Crippen LogP contribution in [0.25, 0.3) is 0 Å². The number of likely N-dealkylation sites (tertiary alicyclic amines) is 1. The summed E-state index contributed by atoms with van der Waals surface area (Å²) in [4.78, 5) is 20.2. The van der Waals surface area contributed by atoms with Gasteiger partial charge in [-0.25, -0.2) is 0 Å². The minimum Gasteiger partial charge on any atom is -0.372 e. The van der Waals surface area contributed by atoms with Crippen molar-refractivity contribution in [2.45, 2.75) is 43.6 Å². The van der Waals surface area contributed by atoms with Crippen LogP contribution in [0.4, 0.5) is 0 Å². The second-order valence-electron chi connectivity index (χ2n) is 7.42. The predicted octanol–water partition coefficient (Wildman–Crippen LogP) is 4.41. The number of hydrogen-bond donors (Lipinski definition) is 0. The minimum atomic E-state index is 0.0521. The first kappa shape index (κ1) is 20.6. The van der Waals surface area contributed by atoms with Crippen LogP contribution in [0.1, 0.15) is 39.4 Å². The molecule has 2 aromatic heterocycles. The molecule has 1 aromatic carbocycles. The van der Waals surface area contributed by atoms with Crippen molar-refractivity contribution in [2.24, 2.45) is 0 Å². The monoisotopic (exact) mass is 423 g/mol. The molecule has 3 aromatic rings. The molecule has 0 bridgehead atoms. The average Bonchev–Trinajstić information content (AvgIpc) is 3.38. The van der Waals surface area contributed by atoms with Crippen LogP contribution in [0.15, 0.2) is 58.2 Å². The van der Waals surface area contributed by atoms with E-state index in [1.54, 1.807) is 18.0 Å². The van der Waals surface area contributed by atoms with Gasteiger partial charge in [-0.2, -0.15) is 0 Å². The summed E-state index contributed by atoms with van der Waals surface area (Å²) in [6, 6.07) is 11.7. The van der Waals surface area contributed by atoms with Crippen molar-refractivity contribution in [3.05, 3.63) is 76.9 Å². The third kappa shape index (κ3) is 4.74. The van der Waals surface area contributed by atoms with Crippen molar-refractivity contribution in [2.75, 3.05) is 13.1 Å². The summed E-state index contributed by atoms with van der Waals surface area (Å²) in [5, 5.41) is 4.02. The first-order chi connectivity index (χ1) is 14.6. The van der Waals surface area contributed by atoms with Gasteiger partial charge < -0.3 is 14.2 Å². The molecule has 1 fully saturated rings. The third-order valence-electron chi connectivity index (χ3n) is 5.31. The Morgan fingerprint density at radius 2 is 2.13 bits per heavy atom. The van der Waals surface area contributed by atoms with E-state index in [9.17, 15) is 4.79 Å². The number of pyridine rings is 1. The SMILES string of the molecule is Cc1noc(C)c1CSc1ccccc1C(=O)N1CCC(OCc2cccnc2)C1. The molecule has 0 radical (unpaired) electrons. The number of aryl methyl sites for hydroxylation is 2. The highest BCUT2D eigenvalue weighted by atomic mass is 32.2. The molecule has 1 saturated heterocycles. The van der Waals surface area contributed by atoms with E-state index in [2.05, 4.69) is 10.1 Å². The van der Waals surface area contributed by atoms with Gasteiger partial charge in [-0.05, 0) is 44.0 Å². The van der Waals surface area contributed by atoms with Crippen molar-refractivity contribution in [3.63, 3.8) is 0 Å². The standard InChI is InChI=1S/C23H25N3O3S/c1-16-21(17(2)29-25-16)15-30-22-8-4-3-7-20(22)23(27)26-11-9-19(13-26)28-14-18-6-5-10-24-12-18/h3-8,10,12,19H,9,11,13-15H2,1-2H3. The van der Waals surface area contributed by atoms with Crippen LogP contribution in [0.3, 0.4) is 0 Å². The summed E-state index contributed by atoms with van der Waals surface area (Å²) >= 11 is 1.64. The van der Waals surface area contributed by atoms with Gasteiger partial charge in [0.2, 0.25) is 0 Å². The number of benzene rings is 1. The van der Waals surface area contributed by atoms with Gasteiger partial charge in [-0.1, -0.05) is 23.4 Å². The number of carbonyl (C=O) groups is 1. The first-order valence-corrected chi connectivity index (χ1v) is 11.0. The fourth-order valence-corrected chi connectivity index (χ4v) is 4.74. The fraction of sp³-hybridized carbons (Fsp3) is 0.348. The Balaban J connectivity index is 1.38. The van der Waals surface area contributed by atoms with Gasteiger partial charge in [0.25, 0.3) is 5.91 Å². The average molecular weight is 424 g/mol. The third-order valence-corrected chi connectivity index (χ3v) is 6.41. The minimum absolute atomic E-state index is 0.0521. The summed E-state index contributed by atoms with van der Waals surface area (Å²) in [5.74, 6) is 1.61. The van der Waals surface area contributed by atoms with Gasteiger partial charge in [-0.15, -0.1) is 11.8 Å². The van der Waals surface area contributed by atoms with Crippen molar-refractivity contribution in [1.29, 1.82) is 0 Å². The fourth-order valence-electron chi connectivity index (χ4n) is 3.54. The molecule has 1 atom stereocenters. The summed E-state index contributed by atoms with van der Waals surface area (Å²) < 4.78 is 11.3. The van der Waals surface area contributed by atoms with E-state index in [1.807, 2.05) is 61.3 Å². The number of aromatic nitrogens is 2. The van der Waals surface area contributed by atoms with Crippen LogP contribution in [0.5, 0.6) is 0 Å². The maximum Gasteiger partial charge on any atom is 0.255 e. The molecule has 1 unspecified atom stereocenters. The maximum absolute atomic E-state index is 13.2. The van der Waals surface area contributed by atoms with Crippen molar-refractivity contribution < 1.29 is 14.1 Å². The number of rotatable bonds is 7. The highest BCUT2D eigenvalue weighted by Gasteiger charge is 2.28. The van der Waals surface area contributed by atoms with Crippen LogP contribution in [-0.2, 0) is 17.1 Å². The number of hydrogen-bond acceptors (Lipinski definition) is 6. The van der Waals surface area contributed by atoms with Crippen LogP contribution in [-0.4, -0.2) is 40.1 Å². The second-order valence-corrected chi connectivity index (χ2v) is 8.44. The normalized spacial score (nSPS) is 16.2. The summed E-state index contributed by atoms with van der Waals surface area (Å²) in [6.07, 6.45) is 4.46. The topological polar surface area (TPSA) is 68.5 Å². The Morgan fingerprint density at radius 3 is 2.90 bits per heavy atom. The van der Waals surface area contributed by atoms with E-state index in [1.165, 1.54) is 0 Å². The number of amides is 1. The lowest BCUT2D eigenvalue weighted by molar-refractivity contribution is 0.0435. The number of nitrogens with zero attached hydrogens (tertiary/aromatic N) is 3. The van der Waals surface area contributed by atoms with Crippen LogP contribution in [0, 0.1) is 13.8 Å². The molecule has 1 amide bonds. The maximum atomic E-state index is 13.2. The van der Waals surface area contributed by atoms with Crippen molar-refractivity contribution >= 4 is 17.7 Å². The quantitative estimate of drug-likeness (QED) is 0.525. The van der Waals surface area contributed by atoms with Gasteiger partial charge >= 0.3 is 0 Å². The Hall–Kier alpha value is -2.64. The van der Waals surface area contributed by atoms with Crippen LogP contribution >= 0.6 is 11.8 Å². The zero-order valence-electron chi connectivity index (χ0n) is 17.2. The van der Waals surface area contributed by atoms with E-state index in [0.29, 0.717) is 19.7 Å². The molecule has 3 heterocycles. The largest absolute Gasteiger partial charge is 0.372 e. The van der Waals surface area contributed by atoms with E-state index < -0.39 is 0 Å². The molecule has 1 aliphatic rings. The molecule has 156 valence electrons. The number of carbonyl (C=O) groups excluding carboxylic acids is 1. The zero-order chi connectivity index (χ0) is 20.9. The highest BCUT2D eigenvalue weighted by molar-refractivity contribution is 7.98. The van der Waals surface area contributed by atoms with Crippen LogP contribution in [0.2, 0.25) is 0 Å². The van der Waals surface area contributed by atoms with Crippen molar-refractivity contribution in [1.82, 2.24) is 15.0 Å². The van der Waals surface area contributed by atoms with Crippen LogP contribution < -0.4 is 0 Å². The molecular formula is C23H25N3O3S. The van der Waals surface area contributed by atoms with Gasteiger partial charge in [-0.3, -0.25) is 9.78 Å². The molecule has 6 nitrogen and oxygen atoms in total. The molecule has 7 heteroatoms. The van der Waals surface area contributed by atoms with Crippen molar-refractivity contribution in [3.8, 4) is 0 Å². The molecule has 0 saturated carbocycles. The zero-order valence-corrected chi connectivity index (χ0v) is 18.0. The smallest absolute Gasteiger partial charge is 0.255 e. The second kappa shape index (κ2) is 9.45. The number of ether oxygens (including phenoxy) is 1. The Labute approximate surface area is 180 Å². The molecule has 0 spiro atoms. The molecule has 0 aliphatic carbocycles. The summed E-state index contributed by atoms with van der Waals surface area (Å²) in [6.45, 7) is 5.70. The predicted molar refractivity (Wildman–Crippen MR) is 115 cm³/mol.